The lowest BCUT2D eigenvalue weighted by Gasteiger charge is -2.21. The minimum atomic E-state index is -0.0752. The maximum absolute atomic E-state index is 12.3. The molecule has 0 heterocycles. The van der Waals surface area contributed by atoms with Gasteiger partial charge in [0.2, 0.25) is 5.91 Å². The Labute approximate surface area is 144 Å². The van der Waals surface area contributed by atoms with Crippen LogP contribution in [-0.4, -0.2) is 11.7 Å². The number of rotatable bonds is 8. The lowest BCUT2D eigenvalue weighted by atomic mass is 9.96. The summed E-state index contributed by atoms with van der Waals surface area (Å²) in [5, 5.41) is 3.08. The van der Waals surface area contributed by atoms with E-state index in [1.54, 1.807) is 12.1 Å². The summed E-state index contributed by atoms with van der Waals surface area (Å²) in [6.45, 7) is 4.28. The van der Waals surface area contributed by atoms with Crippen LogP contribution >= 0.6 is 0 Å². The van der Waals surface area contributed by atoms with Gasteiger partial charge in [0, 0.05) is 18.4 Å². The number of carbonyl (C=O) groups is 2. The van der Waals surface area contributed by atoms with Gasteiger partial charge in [0.25, 0.3) is 0 Å². The van der Waals surface area contributed by atoms with Gasteiger partial charge in [0.15, 0.2) is 5.78 Å². The molecule has 0 aliphatic rings. The maximum atomic E-state index is 12.3. The molecule has 0 spiro atoms. The van der Waals surface area contributed by atoms with Crippen molar-refractivity contribution in [1.82, 2.24) is 5.32 Å². The van der Waals surface area contributed by atoms with Crippen LogP contribution in [0.3, 0.4) is 0 Å². The monoisotopic (exact) mass is 323 g/mol. The first-order valence-electron chi connectivity index (χ1n) is 8.49. The first-order valence-corrected chi connectivity index (χ1v) is 8.49. The molecule has 1 atom stereocenters. The molecule has 3 heteroatoms. The van der Waals surface area contributed by atoms with E-state index < -0.39 is 0 Å². The SMILES string of the molecule is CC(C)CC(NC(=O)CCC(=O)c1ccccc1)c1ccccc1. The van der Waals surface area contributed by atoms with Crippen LogP contribution in [0, 0.1) is 5.92 Å². The Bertz CT molecular complexity index is 650. The zero-order chi connectivity index (χ0) is 17.4. The van der Waals surface area contributed by atoms with Crippen molar-refractivity contribution in [1.29, 1.82) is 0 Å². The van der Waals surface area contributed by atoms with Gasteiger partial charge < -0.3 is 5.32 Å². The molecule has 1 amide bonds. The first kappa shape index (κ1) is 17.9. The molecule has 1 unspecified atom stereocenters. The predicted molar refractivity (Wildman–Crippen MR) is 96.8 cm³/mol. The molecule has 3 nitrogen and oxygen atoms in total. The second kappa shape index (κ2) is 9.02. The highest BCUT2D eigenvalue weighted by Crippen LogP contribution is 2.21. The molecule has 0 bridgehead atoms. The maximum Gasteiger partial charge on any atom is 0.220 e. The van der Waals surface area contributed by atoms with E-state index in [1.807, 2.05) is 48.5 Å². The van der Waals surface area contributed by atoms with Crippen molar-refractivity contribution >= 4 is 11.7 Å². The van der Waals surface area contributed by atoms with Crippen LogP contribution in [0.1, 0.15) is 55.1 Å². The normalized spacial score (nSPS) is 12.0. The molecule has 24 heavy (non-hydrogen) atoms. The number of hydrogen-bond acceptors (Lipinski definition) is 2. The Morgan fingerprint density at radius 1 is 0.875 bits per heavy atom. The van der Waals surface area contributed by atoms with Gasteiger partial charge in [0.1, 0.15) is 0 Å². The van der Waals surface area contributed by atoms with Crippen LogP contribution in [0.5, 0.6) is 0 Å². The Balaban J connectivity index is 1.92. The third-order valence-corrected chi connectivity index (χ3v) is 3.92. The Morgan fingerprint density at radius 3 is 2.04 bits per heavy atom. The molecule has 1 N–H and O–H groups in total. The van der Waals surface area contributed by atoms with Crippen LogP contribution in [0.25, 0.3) is 0 Å². The number of Topliss-reactive ketones (excluding diaryl/α,β-unsaturated/α-hetero) is 1. The number of carbonyl (C=O) groups excluding carboxylic acids is 2. The van der Waals surface area contributed by atoms with Gasteiger partial charge in [-0.2, -0.15) is 0 Å². The van der Waals surface area contributed by atoms with Gasteiger partial charge in [-0.25, -0.2) is 0 Å². The first-order chi connectivity index (χ1) is 11.6. The summed E-state index contributed by atoms with van der Waals surface area (Å²) >= 11 is 0. The topological polar surface area (TPSA) is 46.2 Å². The molecule has 0 aliphatic carbocycles. The zero-order valence-corrected chi connectivity index (χ0v) is 14.4. The molecular weight excluding hydrogens is 298 g/mol. The molecular formula is C21H25NO2. The fraction of sp³-hybridized carbons (Fsp3) is 0.333. The quantitative estimate of drug-likeness (QED) is 0.724. The smallest absolute Gasteiger partial charge is 0.220 e. The van der Waals surface area contributed by atoms with Gasteiger partial charge in [-0.15, -0.1) is 0 Å². The minimum absolute atomic E-state index is 0.00544. The average molecular weight is 323 g/mol. The van der Waals surface area contributed by atoms with Gasteiger partial charge in [0.05, 0.1) is 6.04 Å². The van der Waals surface area contributed by atoms with Crippen molar-refractivity contribution in [2.24, 2.45) is 5.92 Å². The second-order valence-electron chi connectivity index (χ2n) is 6.45. The summed E-state index contributed by atoms with van der Waals surface area (Å²) in [7, 11) is 0. The van der Waals surface area contributed by atoms with Gasteiger partial charge in [-0.3, -0.25) is 9.59 Å². The molecule has 2 aromatic carbocycles. The van der Waals surface area contributed by atoms with E-state index in [2.05, 4.69) is 19.2 Å². The molecule has 2 rings (SSSR count). The van der Waals surface area contributed by atoms with E-state index in [1.165, 1.54) is 0 Å². The predicted octanol–water partition coefficient (Wildman–Crippen LogP) is 4.55. The fourth-order valence-corrected chi connectivity index (χ4v) is 2.70. The lowest BCUT2D eigenvalue weighted by Crippen LogP contribution is -2.29. The number of ketones is 1. The largest absolute Gasteiger partial charge is 0.349 e. The van der Waals surface area contributed by atoms with E-state index >= 15 is 0 Å². The van der Waals surface area contributed by atoms with E-state index in [4.69, 9.17) is 0 Å². The Morgan fingerprint density at radius 2 is 1.46 bits per heavy atom. The van der Waals surface area contributed by atoms with Crippen molar-refractivity contribution in [3.63, 3.8) is 0 Å². The summed E-state index contributed by atoms with van der Waals surface area (Å²) in [6, 6.07) is 19.1. The summed E-state index contributed by atoms with van der Waals surface area (Å²) in [6.07, 6.45) is 1.33. The number of benzene rings is 2. The Hall–Kier alpha value is -2.42. The molecule has 126 valence electrons. The Kier molecular flexibility index (Phi) is 6.74. The van der Waals surface area contributed by atoms with Crippen molar-refractivity contribution in [3.8, 4) is 0 Å². The highest BCUT2D eigenvalue weighted by atomic mass is 16.2. The van der Waals surface area contributed by atoms with Crippen molar-refractivity contribution in [3.05, 3.63) is 71.8 Å². The molecule has 0 saturated carbocycles. The van der Waals surface area contributed by atoms with Crippen LogP contribution in [0.15, 0.2) is 60.7 Å². The van der Waals surface area contributed by atoms with Gasteiger partial charge in [-0.05, 0) is 17.9 Å². The van der Waals surface area contributed by atoms with E-state index in [0.29, 0.717) is 11.5 Å². The average Bonchev–Trinajstić information content (AvgIpc) is 2.60. The standard InChI is InChI=1S/C21H25NO2/c1-16(2)15-19(17-9-5-3-6-10-17)22-21(24)14-13-20(23)18-11-7-4-8-12-18/h3-12,16,19H,13-15H2,1-2H3,(H,22,24). The van der Waals surface area contributed by atoms with Crippen LogP contribution in [0.2, 0.25) is 0 Å². The summed E-state index contributed by atoms with van der Waals surface area (Å²) in [5.41, 5.74) is 1.76. The number of hydrogen-bond donors (Lipinski definition) is 1. The molecule has 0 saturated heterocycles. The third-order valence-electron chi connectivity index (χ3n) is 3.92. The molecule has 2 aromatic rings. The summed E-state index contributed by atoms with van der Waals surface area (Å²) in [4.78, 5) is 24.4. The highest BCUT2D eigenvalue weighted by molar-refractivity contribution is 5.97. The number of nitrogens with one attached hydrogen (secondary N) is 1. The second-order valence-corrected chi connectivity index (χ2v) is 6.45. The van der Waals surface area contributed by atoms with Crippen LogP contribution in [-0.2, 0) is 4.79 Å². The third kappa shape index (κ3) is 5.65. The van der Waals surface area contributed by atoms with Crippen LogP contribution in [0.4, 0.5) is 0 Å². The molecule has 0 radical (unpaired) electrons. The molecule has 0 aliphatic heterocycles. The van der Waals surface area contributed by atoms with Crippen LogP contribution < -0.4 is 5.32 Å². The zero-order valence-electron chi connectivity index (χ0n) is 14.4. The molecule has 0 aromatic heterocycles. The summed E-state index contributed by atoms with van der Waals surface area (Å²) < 4.78 is 0. The van der Waals surface area contributed by atoms with Crippen molar-refractivity contribution in [2.75, 3.05) is 0 Å². The van der Waals surface area contributed by atoms with Crippen molar-refractivity contribution in [2.45, 2.75) is 39.2 Å². The van der Waals surface area contributed by atoms with E-state index in [9.17, 15) is 9.59 Å². The lowest BCUT2D eigenvalue weighted by molar-refractivity contribution is -0.121. The molecule has 0 fully saturated rings. The van der Waals surface area contributed by atoms with Gasteiger partial charge >= 0.3 is 0 Å². The number of amides is 1. The highest BCUT2D eigenvalue weighted by Gasteiger charge is 2.17. The summed E-state index contributed by atoms with van der Waals surface area (Å²) in [5.74, 6) is 0.404. The minimum Gasteiger partial charge on any atom is -0.349 e. The van der Waals surface area contributed by atoms with E-state index in [0.717, 1.165) is 12.0 Å². The van der Waals surface area contributed by atoms with Gasteiger partial charge in [-0.1, -0.05) is 74.5 Å². The van der Waals surface area contributed by atoms with E-state index in [-0.39, 0.29) is 30.6 Å². The van der Waals surface area contributed by atoms with Crippen molar-refractivity contribution < 1.29 is 9.59 Å². The fourth-order valence-electron chi connectivity index (χ4n) is 2.70.